The van der Waals surface area contributed by atoms with Crippen LogP contribution in [0.1, 0.15) is 32.7 Å². The van der Waals surface area contributed by atoms with E-state index in [-0.39, 0.29) is 33.6 Å². The lowest BCUT2D eigenvalue weighted by Gasteiger charge is -2.12. The van der Waals surface area contributed by atoms with E-state index in [1.165, 1.54) is 18.5 Å². The normalized spacial score (nSPS) is 11.8. The van der Waals surface area contributed by atoms with Crippen LogP contribution in [0.5, 0.6) is 0 Å². The van der Waals surface area contributed by atoms with Crippen LogP contribution < -0.4 is 5.73 Å². The van der Waals surface area contributed by atoms with Crippen LogP contribution in [0.4, 0.5) is 26.3 Å². The van der Waals surface area contributed by atoms with Gasteiger partial charge in [0.2, 0.25) is 5.91 Å². The van der Waals surface area contributed by atoms with Crippen molar-refractivity contribution in [1.82, 2.24) is 19.6 Å². The van der Waals surface area contributed by atoms with Gasteiger partial charge in [-0.1, -0.05) is 24.0 Å². The summed E-state index contributed by atoms with van der Waals surface area (Å²) in [4.78, 5) is 19.3. The highest BCUT2D eigenvalue weighted by Crippen LogP contribution is 2.34. The highest BCUT2D eigenvalue weighted by molar-refractivity contribution is 5.92. The van der Waals surface area contributed by atoms with Crippen molar-refractivity contribution >= 4 is 11.6 Å². The lowest BCUT2D eigenvalue weighted by Crippen LogP contribution is -2.13. The van der Waals surface area contributed by atoms with Crippen molar-refractivity contribution in [3.05, 3.63) is 82.9 Å². The van der Waals surface area contributed by atoms with Crippen LogP contribution in [0.25, 0.3) is 16.9 Å². The summed E-state index contributed by atoms with van der Waals surface area (Å²) in [5, 5.41) is 3.72. The quantitative estimate of drug-likeness (QED) is 0.346. The number of amides is 1. The number of fused-ring (bicyclic) bond motifs is 1. The summed E-state index contributed by atoms with van der Waals surface area (Å²) in [5.74, 6) is 4.56. The third-order valence-corrected chi connectivity index (χ3v) is 4.63. The van der Waals surface area contributed by atoms with Gasteiger partial charge in [0.15, 0.2) is 11.3 Å². The molecule has 34 heavy (non-hydrogen) atoms. The molecule has 4 aromatic rings. The minimum Gasteiger partial charge on any atom is -0.366 e. The Balaban J connectivity index is 1.84. The fourth-order valence-electron chi connectivity index (χ4n) is 3.01. The molecule has 3 heterocycles. The average Bonchev–Trinajstić information content (AvgIpc) is 3.19. The van der Waals surface area contributed by atoms with E-state index in [4.69, 9.17) is 5.73 Å². The van der Waals surface area contributed by atoms with Crippen LogP contribution in [0.3, 0.4) is 0 Å². The molecule has 6 nitrogen and oxygen atoms in total. The molecule has 0 radical (unpaired) electrons. The molecule has 0 saturated carbocycles. The second kappa shape index (κ2) is 8.18. The number of benzene rings is 1. The van der Waals surface area contributed by atoms with Crippen LogP contribution in [-0.4, -0.2) is 25.5 Å². The number of aromatic nitrogens is 4. The molecule has 0 bridgehead atoms. The van der Waals surface area contributed by atoms with Gasteiger partial charge in [-0.3, -0.25) is 9.78 Å². The largest absolute Gasteiger partial charge is 0.433 e. The Bertz CT molecular complexity index is 1460. The van der Waals surface area contributed by atoms with Gasteiger partial charge in [0.1, 0.15) is 0 Å². The van der Waals surface area contributed by atoms with Crippen molar-refractivity contribution in [2.45, 2.75) is 12.4 Å². The number of halogens is 6. The summed E-state index contributed by atoms with van der Waals surface area (Å²) in [5.41, 5.74) is 3.01. The van der Waals surface area contributed by atoms with Gasteiger partial charge >= 0.3 is 12.4 Å². The van der Waals surface area contributed by atoms with Crippen LogP contribution in [-0.2, 0) is 12.4 Å². The fourth-order valence-corrected chi connectivity index (χ4v) is 3.01. The Morgan fingerprint density at radius 1 is 0.912 bits per heavy atom. The van der Waals surface area contributed by atoms with Crippen LogP contribution in [0.15, 0.2) is 55.0 Å². The van der Waals surface area contributed by atoms with Crippen molar-refractivity contribution in [2.24, 2.45) is 5.73 Å². The van der Waals surface area contributed by atoms with Crippen molar-refractivity contribution in [3.63, 3.8) is 0 Å². The maximum Gasteiger partial charge on any atom is 0.433 e. The molecule has 0 aliphatic heterocycles. The van der Waals surface area contributed by atoms with Gasteiger partial charge in [0, 0.05) is 23.5 Å². The molecule has 0 spiro atoms. The lowest BCUT2D eigenvalue weighted by atomic mass is 10.1. The molecular weight excluding hydrogens is 464 g/mol. The third-order valence-electron chi connectivity index (χ3n) is 4.63. The number of alkyl halides is 6. The number of nitrogens with two attached hydrogens (primary N) is 1. The van der Waals surface area contributed by atoms with Crippen molar-refractivity contribution in [3.8, 4) is 23.1 Å². The van der Waals surface area contributed by atoms with E-state index >= 15 is 0 Å². The Kier molecular flexibility index (Phi) is 5.48. The molecule has 0 aliphatic rings. The molecule has 3 aromatic heterocycles. The summed E-state index contributed by atoms with van der Waals surface area (Å²) in [6.45, 7) is 0. The maximum absolute atomic E-state index is 13.7. The second-order valence-electron chi connectivity index (χ2n) is 6.97. The maximum atomic E-state index is 13.7. The van der Waals surface area contributed by atoms with E-state index in [9.17, 15) is 31.1 Å². The number of nitrogens with zero attached hydrogens (tertiary/aromatic N) is 4. The average molecular weight is 475 g/mol. The monoisotopic (exact) mass is 475 g/mol. The zero-order chi connectivity index (χ0) is 24.7. The predicted molar refractivity (Wildman–Crippen MR) is 107 cm³/mol. The van der Waals surface area contributed by atoms with Gasteiger partial charge in [0.05, 0.1) is 28.6 Å². The van der Waals surface area contributed by atoms with E-state index in [2.05, 4.69) is 26.9 Å². The minimum atomic E-state index is -4.84. The molecule has 4 rings (SSSR count). The smallest absolute Gasteiger partial charge is 0.366 e. The van der Waals surface area contributed by atoms with Crippen molar-refractivity contribution in [2.75, 3.05) is 0 Å². The van der Waals surface area contributed by atoms with E-state index < -0.39 is 29.5 Å². The number of carbonyl (C=O) groups is 1. The van der Waals surface area contributed by atoms with E-state index in [0.717, 1.165) is 30.5 Å². The van der Waals surface area contributed by atoms with Crippen molar-refractivity contribution in [1.29, 1.82) is 0 Å². The van der Waals surface area contributed by atoms with Gasteiger partial charge < -0.3 is 5.73 Å². The molecule has 0 fully saturated rings. The first-order valence-electron chi connectivity index (χ1n) is 9.34. The molecule has 1 amide bonds. The molecule has 0 unspecified atom stereocenters. The van der Waals surface area contributed by atoms with E-state index in [0.29, 0.717) is 10.6 Å². The van der Waals surface area contributed by atoms with Gasteiger partial charge in [-0.05, 0) is 24.3 Å². The van der Waals surface area contributed by atoms with Crippen LogP contribution in [0.2, 0.25) is 0 Å². The number of carbonyl (C=O) groups excluding carboxylic acids is 1. The number of hydrogen-bond acceptors (Lipinski definition) is 4. The second-order valence-corrected chi connectivity index (χ2v) is 6.97. The SMILES string of the molecule is NC(=O)c1cncc(C#Cc2cnn3c(C(F)(F)F)cc(-c4ccc(C(F)(F)F)cc4)nc23)c1. The molecule has 2 N–H and O–H groups in total. The zero-order valence-corrected chi connectivity index (χ0v) is 16.7. The first-order chi connectivity index (χ1) is 15.9. The molecule has 172 valence electrons. The van der Waals surface area contributed by atoms with Gasteiger partial charge in [-0.25, -0.2) is 9.50 Å². The van der Waals surface area contributed by atoms with Gasteiger partial charge in [-0.15, -0.1) is 0 Å². The molecule has 0 saturated heterocycles. The summed E-state index contributed by atoms with van der Waals surface area (Å²) >= 11 is 0. The van der Waals surface area contributed by atoms with Gasteiger partial charge in [0.25, 0.3) is 0 Å². The Morgan fingerprint density at radius 2 is 1.62 bits per heavy atom. The van der Waals surface area contributed by atoms with Crippen LogP contribution in [0, 0.1) is 11.8 Å². The topological polar surface area (TPSA) is 86.2 Å². The fraction of sp³-hybridized carbons (Fsp3) is 0.0909. The highest BCUT2D eigenvalue weighted by Gasteiger charge is 2.36. The number of primary amides is 1. The summed E-state index contributed by atoms with van der Waals surface area (Å²) in [6.07, 6.45) is -5.80. The molecular formula is C22H11F6N5O. The van der Waals surface area contributed by atoms with E-state index in [1.807, 2.05) is 0 Å². The third kappa shape index (κ3) is 4.54. The number of rotatable bonds is 2. The van der Waals surface area contributed by atoms with E-state index in [1.54, 1.807) is 0 Å². The van der Waals surface area contributed by atoms with Crippen molar-refractivity contribution < 1.29 is 31.1 Å². The summed E-state index contributed by atoms with van der Waals surface area (Å²) in [6, 6.07) is 5.62. The number of hydrogen-bond donors (Lipinski definition) is 1. The predicted octanol–water partition coefficient (Wildman–Crippen LogP) is 4.33. The highest BCUT2D eigenvalue weighted by atomic mass is 19.4. The number of pyridine rings is 1. The Labute approximate surface area is 187 Å². The summed E-state index contributed by atoms with van der Waals surface area (Å²) in [7, 11) is 0. The first-order valence-corrected chi connectivity index (χ1v) is 9.34. The first kappa shape index (κ1) is 22.8. The van der Waals surface area contributed by atoms with Gasteiger partial charge in [-0.2, -0.15) is 31.4 Å². The summed E-state index contributed by atoms with van der Waals surface area (Å²) < 4.78 is 80.1. The molecule has 0 atom stereocenters. The van der Waals surface area contributed by atoms with Crippen LogP contribution >= 0.6 is 0 Å². The lowest BCUT2D eigenvalue weighted by molar-refractivity contribution is -0.142. The zero-order valence-electron chi connectivity index (χ0n) is 16.7. The molecule has 12 heteroatoms. The standard InChI is InChI=1S/C22H11F6N5O/c23-21(24,25)16-5-3-13(4-6-16)17-8-18(22(26,27)28)33-20(32-17)14(11-31-33)2-1-12-7-15(19(29)34)10-30-9-12/h3-11H,(H2,29,34). The molecule has 0 aliphatic carbocycles. The Morgan fingerprint density at radius 3 is 2.24 bits per heavy atom. The molecule has 1 aromatic carbocycles. The minimum absolute atomic E-state index is 0.0174. The Hall–Kier alpha value is -4.40.